The van der Waals surface area contributed by atoms with E-state index in [0.717, 1.165) is 26.5 Å². The Morgan fingerprint density at radius 3 is 2.43 bits per heavy atom. The standard InChI is InChI=1S/C17H24Cl2N2OS/c1-11(22)20-15-14(16(18)23-17(15)19)12-7-3-4-8-13(12)21(2)9-5-6-10-21/h12-13H,3-10H2,1-2H3/p+1/t12-,13-/m1/s1. The number of likely N-dealkylation sites (tertiary alicyclic amines) is 1. The highest BCUT2D eigenvalue weighted by molar-refractivity contribution is 7.20. The number of carbonyl (C=O) groups excluding carboxylic acids is 1. The lowest BCUT2D eigenvalue weighted by atomic mass is 9.78. The molecule has 1 aliphatic heterocycles. The van der Waals surface area contributed by atoms with E-state index >= 15 is 0 Å². The molecule has 23 heavy (non-hydrogen) atoms. The van der Waals surface area contributed by atoms with Crippen molar-refractivity contribution in [1.82, 2.24) is 0 Å². The SMILES string of the molecule is CC(=O)Nc1c(Cl)sc(Cl)c1[C@@H]1CCCC[C@H]1[N+]1(C)CCCC1. The number of hydrogen-bond acceptors (Lipinski definition) is 2. The third-order valence-corrected chi connectivity index (χ3v) is 7.28. The third kappa shape index (κ3) is 3.41. The van der Waals surface area contributed by atoms with Gasteiger partial charge in [0.15, 0.2) is 0 Å². The van der Waals surface area contributed by atoms with Gasteiger partial charge in [-0.05, 0) is 12.8 Å². The van der Waals surface area contributed by atoms with E-state index in [1.54, 1.807) is 0 Å². The first-order valence-corrected chi connectivity index (χ1v) is 10.1. The van der Waals surface area contributed by atoms with Gasteiger partial charge in [0, 0.05) is 37.7 Å². The van der Waals surface area contributed by atoms with Crippen LogP contribution >= 0.6 is 34.5 Å². The van der Waals surface area contributed by atoms with Gasteiger partial charge in [0.2, 0.25) is 5.91 Å². The number of hydrogen-bond donors (Lipinski definition) is 1. The summed E-state index contributed by atoms with van der Waals surface area (Å²) in [7, 11) is 2.40. The molecular weight excluding hydrogens is 351 g/mol. The molecule has 2 atom stereocenters. The Balaban J connectivity index is 1.99. The molecule has 3 nitrogen and oxygen atoms in total. The van der Waals surface area contributed by atoms with Crippen LogP contribution in [-0.2, 0) is 4.79 Å². The predicted molar refractivity (Wildman–Crippen MR) is 98.8 cm³/mol. The predicted octanol–water partition coefficient (Wildman–Crippen LogP) is 5.28. The van der Waals surface area contributed by atoms with Crippen molar-refractivity contribution < 1.29 is 9.28 Å². The van der Waals surface area contributed by atoms with E-state index < -0.39 is 0 Å². The monoisotopic (exact) mass is 375 g/mol. The van der Waals surface area contributed by atoms with Crippen LogP contribution in [0.4, 0.5) is 5.69 Å². The molecule has 1 aliphatic carbocycles. The van der Waals surface area contributed by atoms with Gasteiger partial charge in [-0.2, -0.15) is 0 Å². The summed E-state index contributed by atoms with van der Waals surface area (Å²) in [6.07, 6.45) is 7.53. The molecule has 1 saturated carbocycles. The highest BCUT2D eigenvalue weighted by Gasteiger charge is 2.44. The second-order valence-electron chi connectivity index (χ2n) is 7.21. The minimum absolute atomic E-state index is 0.0865. The molecule has 0 radical (unpaired) electrons. The van der Waals surface area contributed by atoms with E-state index in [9.17, 15) is 4.79 Å². The van der Waals surface area contributed by atoms with Crippen molar-refractivity contribution in [3.63, 3.8) is 0 Å². The van der Waals surface area contributed by atoms with E-state index in [-0.39, 0.29) is 5.91 Å². The average molecular weight is 376 g/mol. The summed E-state index contributed by atoms with van der Waals surface area (Å²) in [6.45, 7) is 4.04. The molecule has 0 unspecified atom stereocenters. The molecule has 2 fully saturated rings. The van der Waals surface area contributed by atoms with Gasteiger partial charge in [-0.25, -0.2) is 0 Å². The van der Waals surface area contributed by atoms with Crippen LogP contribution in [0.2, 0.25) is 8.67 Å². The summed E-state index contributed by atoms with van der Waals surface area (Å²) in [4.78, 5) is 11.6. The van der Waals surface area contributed by atoms with Crippen molar-refractivity contribution in [3.8, 4) is 0 Å². The van der Waals surface area contributed by atoms with Crippen molar-refractivity contribution in [2.24, 2.45) is 0 Å². The molecule has 1 saturated heterocycles. The van der Waals surface area contributed by atoms with Crippen molar-refractivity contribution in [2.45, 2.75) is 57.4 Å². The molecule has 1 N–H and O–H groups in total. The number of anilines is 1. The quantitative estimate of drug-likeness (QED) is 0.715. The molecule has 0 aromatic carbocycles. The smallest absolute Gasteiger partial charge is 0.221 e. The average Bonchev–Trinajstić information content (AvgIpc) is 3.04. The first kappa shape index (κ1) is 17.5. The van der Waals surface area contributed by atoms with Crippen LogP contribution in [0.5, 0.6) is 0 Å². The maximum atomic E-state index is 11.6. The number of carbonyl (C=O) groups is 1. The molecule has 3 rings (SSSR count). The minimum atomic E-state index is -0.0865. The lowest BCUT2D eigenvalue weighted by molar-refractivity contribution is -0.924. The highest BCUT2D eigenvalue weighted by atomic mass is 35.5. The number of amides is 1. The number of likely N-dealkylation sites (N-methyl/N-ethyl adjacent to an activating group) is 1. The number of rotatable bonds is 3. The summed E-state index contributed by atoms with van der Waals surface area (Å²) in [5.41, 5.74) is 1.85. The molecular formula is C17H25Cl2N2OS+. The Labute approximate surface area is 152 Å². The van der Waals surface area contributed by atoms with Crippen LogP contribution in [0.1, 0.15) is 56.9 Å². The molecule has 2 heterocycles. The zero-order chi connectivity index (χ0) is 16.6. The summed E-state index contributed by atoms with van der Waals surface area (Å²) in [6, 6.07) is 0.585. The molecule has 1 aromatic rings. The van der Waals surface area contributed by atoms with E-state index in [2.05, 4.69) is 12.4 Å². The fourth-order valence-corrected chi connectivity index (χ4v) is 6.34. The van der Waals surface area contributed by atoms with Crippen LogP contribution in [0, 0.1) is 0 Å². The Bertz CT molecular complexity index is 596. The van der Waals surface area contributed by atoms with Crippen molar-refractivity contribution in [2.75, 3.05) is 25.5 Å². The topological polar surface area (TPSA) is 29.1 Å². The van der Waals surface area contributed by atoms with Gasteiger partial charge in [0.05, 0.1) is 31.9 Å². The third-order valence-electron chi connectivity index (χ3n) is 5.65. The van der Waals surface area contributed by atoms with Gasteiger partial charge in [-0.15, -0.1) is 11.3 Å². The molecule has 1 amide bonds. The molecule has 1 aromatic heterocycles. The van der Waals surface area contributed by atoms with Gasteiger partial charge >= 0.3 is 0 Å². The normalized spacial score (nSPS) is 27.1. The maximum Gasteiger partial charge on any atom is 0.221 e. The Kier molecular flexibility index (Phi) is 5.27. The number of halogens is 2. The van der Waals surface area contributed by atoms with Crippen molar-refractivity contribution >= 4 is 46.1 Å². The Morgan fingerprint density at radius 2 is 1.78 bits per heavy atom. The van der Waals surface area contributed by atoms with Gasteiger partial charge in [-0.3, -0.25) is 4.79 Å². The molecule has 0 spiro atoms. The fourth-order valence-electron chi connectivity index (χ4n) is 4.60. The molecule has 0 bridgehead atoms. The van der Waals surface area contributed by atoms with Crippen LogP contribution in [0.15, 0.2) is 0 Å². The van der Waals surface area contributed by atoms with Crippen LogP contribution in [0.3, 0.4) is 0 Å². The second kappa shape index (κ2) is 6.91. The molecule has 128 valence electrons. The molecule has 2 aliphatic rings. The number of thiophene rings is 1. The lowest BCUT2D eigenvalue weighted by Gasteiger charge is -2.44. The largest absolute Gasteiger partial charge is 0.324 e. The fraction of sp³-hybridized carbons (Fsp3) is 0.706. The van der Waals surface area contributed by atoms with E-state index in [1.165, 1.54) is 63.5 Å². The zero-order valence-electron chi connectivity index (χ0n) is 13.8. The van der Waals surface area contributed by atoms with Crippen LogP contribution in [0.25, 0.3) is 0 Å². The zero-order valence-corrected chi connectivity index (χ0v) is 16.2. The summed E-state index contributed by atoms with van der Waals surface area (Å²) in [5, 5.41) is 2.93. The Morgan fingerprint density at radius 1 is 1.13 bits per heavy atom. The maximum absolute atomic E-state index is 11.6. The lowest BCUT2D eigenvalue weighted by Crippen LogP contribution is -2.53. The minimum Gasteiger partial charge on any atom is -0.324 e. The van der Waals surface area contributed by atoms with E-state index in [4.69, 9.17) is 23.2 Å². The van der Waals surface area contributed by atoms with Gasteiger partial charge in [0.1, 0.15) is 8.67 Å². The van der Waals surface area contributed by atoms with Gasteiger partial charge < -0.3 is 9.80 Å². The van der Waals surface area contributed by atoms with E-state index in [1.807, 2.05) is 0 Å². The summed E-state index contributed by atoms with van der Waals surface area (Å²) >= 11 is 14.3. The molecule has 6 heteroatoms. The van der Waals surface area contributed by atoms with Gasteiger partial charge in [-0.1, -0.05) is 29.6 Å². The highest BCUT2D eigenvalue weighted by Crippen LogP contribution is 2.50. The van der Waals surface area contributed by atoms with Crippen molar-refractivity contribution in [1.29, 1.82) is 0 Å². The number of nitrogens with zero attached hydrogens (tertiary/aromatic N) is 1. The van der Waals surface area contributed by atoms with Gasteiger partial charge in [0.25, 0.3) is 0 Å². The number of quaternary nitrogens is 1. The Hall–Kier alpha value is -0.290. The summed E-state index contributed by atoms with van der Waals surface area (Å²) in [5.74, 6) is 0.307. The number of nitrogens with one attached hydrogen (secondary N) is 1. The van der Waals surface area contributed by atoms with E-state index in [0.29, 0.717) is 16.3 Å². The summed E-state index contributed by atoms with van der Waals surface area (Å²) < 4.78 is 2.50. The first-order valence-electron chi connectivity index (χ1n) is 8.52. The van der Waals surface area contributed by atoms with Crippen molar-refractivity contribution in [3.05, 3.63) is 14.2 Å². The van der Waals surface area contributed by atoms with Crippen LogP contribution in [-0.4, -0.2) is 36.6 Å². The first-order chi connectivity index (χ1) is 10.9. The van der Waals surface area contributed by atoms with Crippen LogP contribution < -0.4 is 5.32 Å². The second-order valence-corrected chi connectivity index (χ2v) is 9.44.